The van der Waals surface area contributed by atoms with E-state index in [2.05, 4.69) is 0 Å². The minimum Gasteiger partial charge on any atom is -0.496 e. The van der Waals surface area contributed by atoms with E-state index in [1.807, 2.05) is 20.8 Å². The van der Waals surface area contributed by atoms with E-state index in [-0.39, 0.29) is 41.2 Å². The van der Waals surface area contributed by atoms with Gasteiger partial charge < -0.3 is 14.4 Å². The number of benzene rings is 1. The number of fused-ring (bicyclic) bond motifs is 2. The molecule has 30 heavy (non-hydrogen) atoms. The molecule has 2 atom stereocenters. The minimum atomic E-state index is -4.55. The average molecular weight is 427 g/mol. The van der Waals surface area contributed by atoms with Crippen molar-refractivity contribution in [2.45, 2.75) is 76.7 Å². The van der Waals surface area contributed by atoms with Crippen molar-refractivity contribution in [3.63, 3.8) is 0 Å². The van der Waals surface area contributed by atoms with Gasteiger partial charge >= 0.3 is 12.3 Å². The molecule has 0 spiro atoms. The molecular weight excluding hydrogens is 399 g/mol. The predicted octanol–water partition coefficient (Wildman–Crippen LogP) is 5.46. The van der Waals surface area contributed by atoms with Crippen molar-refractivity contribution in [2.24, 2.45) is 5.92 Å². The molecule has 3 rings (SSSR count). The summed E-state index contributed by atoms with van der Waals surface area (Å²) in [7, 11) is 1.16. The molecule has 5 nitrogen and oxygen atoms in total. The lowest BCUT2D eigenvalue weighted by molar-refractivity contribution is -0.138. The van der Waals surface area contributed by atoms with Gasteiger partial charge in [0, 0.05) is 23.6 Å². The second-order valence-electron chi connectivity index (χ2n) is 9.07. The molecule has 1 aromatic rings. The first kappa shape index (κ1) is 22.4. The summed E-state index contributed by atoms with van der Waals surface area (Å²) in [5.74, 6) is -0.914. The molecule has 1 amide bonds. The van der Waals surface area contributed by atoms with Crippen LogP contribution in [0.5, 0.6) is 5.75 Å². The van der Waals surface area contributed by atoms with E-state index in [0.717, 1.165) is 32.4 Å². The summed E-state index contributed by atoms with van der Waals surface area (Å²) < 4.78 is 49.7. The van der Waals surface area contributed by atoms with E-state index >= 15 is 0 Å². The number of methoxy groups -OCH3 is 1. The van der Waals surface area contributed by atoms with Gasteiger partial charge in [0.05, 0.1) is 12.7 Å². The molecule has 0 N–H and O–H groups in total. The number of amides is 1. The van der Waals surface area contributed by atoms with E-state index in [9.17, 15) is 22.8 Å². The second-order valence-corrected chi connectivity index (χ2v) is 9.07. The third-order valence-corrected chi connectivity index (χ3v) is 5.74. The van der Waals surface area contributed by atoms with Crippen LogP contribution in [-0.2, 0) is 10.9 Å². The summed E-state index contributed by atoms with van der Waals surface area (Å²) >= 11 is 0. The third-order valence-electron chi connectivity index (χ3n) is 5.74. The molecule has 2 aliphatic rings. The number of halogens is 3. The van der Waals surface area contributed by atoms with Crippen molar-refractivity contribution in [3.8, 4) is 5.75 Å². The zero-order valence-electron chi connectivity index (χ0n) is 17.7. The van der Waals surface area contributed by atoms with Gasteiger partial charge in [-0.3, -0.25) is 4.79 Å². The summed E-state index contributed by atoms with van der Waals surface area (Å²) in [6.45, 7) is 5.44. The van der Waals surface area contributed by atoms with Crippen molar-refractivity contribution < 1.29 is 32.2 Å². The van der Waals surface area contributed by atoms with Gasteiger partial charge in [0.1, 0.15) is 11.4 Å². The highest BCUT2D eigenvalue weighted by atomic mass is 19.4. The molecular formula is C22H28F3NO4. The summed E-state index contributed by atoms with van der Waals surface area (Å²) in [6, 6.07) is 3.07. The van der Waals surface area contributed by atoms with Gasteiger partial charge in [0.2, 0.25) is 0 Å². The van der Waals surface area contributed by atoms with Crippen LogP contribution < -0.4 is 4.74 Å². The first-order valence-electron chi connectivity index (χ1n) is 10.2. The Bertz CT molecular complexity index is 802. The van der Waals surface area contributed by atoms with Crippen molar-refractivity contribution in [1.82, 2.24) is 4.90 Å². The highest BCUT2D eigenvalue weighted by Crippen LogP contribution is 2.41. The normalized spacial score (nSPS) is 24.4. The molecule has 2 unspecified atom stereocenters. The molecule has 0 saturated carbocycles. The smallest absolute Gasteiger partial charge is 0.419 e. The number of hydrogen-bond donors (Lipinski definition) is 0. The first-order chi connectivity index (χ1) is 13.9. The lowest BCUT2D eigenvalue weighted by atomic mass is 9.75. The monoisotopic (exact) mass is 427 g/mol. The Morgan fingerprint density at radius 1 is 1.07 bits per heavy atom. The molecule has 0 radical (unpaired) electrons. The number of carbonyl (C=O) groups is 2. The van der Waals surface area contributed by atoms with Crippen LogP contribution >= 0.6 is 0 Å². The Hall–Kier alpha value is -2.25. The van der Waals surface area contributed by atoms with Gasteiger partial charge in [-0.2, -0.15) is 13.2 Å². The molecule has 8 heteroatoms. The zero-order chi connectivity index (χ0) is 22.3. The van der Waals surface area contributed by atoms with Gasteiger partial charge in [0.25, 0.3) is 0 Å². The third kappa shape index (κ3) is 4.73. The topological polar surface area (TPSA) is 55.8 Å². The van der Waals surface area contributed by atoms with Crippen molar-refractivity contribution in [2.75, 3.05) is 7.11 Å². The number of carbonyl (C=O) groups excluding carboxylic acids is 2. The van der Waals surface area contributed by atoms with Crippen LogP contribution in [0.15, 0.2) is 18.2 Å². The molecule has 1 aromatic carbocycles. The zero-order valence-corrected chi connectivity index (χ0v) is 17.7. The Morgan fingerprint density at radius 2 is 1.67 bits per heavy atom. The SMILES string of the molecule is COc1cc(C(=O)C2CC3CCCC(C2)N3C(=O)OC(C)(C)C)ccc1C(F)(F)F. The van der Waals surface area contributed by atoms with E-state index in [4.69, 9.17) is 9.47 Å². The molecule has 2 heterocycles. The number of rotatable bonds is 3. The fraction of sp³-hybridized carbons (Fsp3) is 0.636. The molecule has 2 bridgehead atoms. The number of hydrogen-bond acceptors (Lipinski definition) is 4. The Kier molecular flexibility index (Phi) is 6.07. The number of Topliss-reactive ketones (excluding diaryl/α,β-unsaturated/α-hetero) is 1. The molecule has 2 aliphatic heterocycles. The lowest BCUT2D eigenvalue weighted by Gasteiger charge is -2.48. The minimum absolute atomic E-state index is 0.0994. The quantitative estimate of drug-likeness (QED) is 0.601. The molecule has 166 valence electrons. The second kappa shape index (κ2) is 8.12. The van der Waals surface area contributed by atoms with Crippen LogP contribution in [0.4, 0.5) is 18.0 Å². The van der Waals surface area contributed by atoms with Crippen LogP contribution in [0.25, 0.3) is 0 Å². The summed E-state index contributed by atoms with van der Waals surface area (Å²) in [6.07, 6.45) is -1.40. The highest BCUT2D eigenvalue weighted by molar-refractivity contribution is 5.98. The van der Waals surface area contributed by atoms with Gasteiger partial charge in [-0.15, -0.1) is 0 Å². The van der Waals surface area contributed by atoms with E-state index in [1.165, 1.54) is 12.1 Å². The Labute approximate surface area is 174 Å². The fourth-order valence-corrected chi connectivity index (χ4v) is 4.52. The van der Waals surface area contributed by atoms with Gasteiger partial charge in [-0.1, -0.05) is 6.07 Å². The highest BCUT2D eigenvalue weighted by Gasteiger charge is 2.44. The van der Waals surface area contributed by atoms with Gasteiger partial charge in [0.15, 0.2) is 5.78 Å². The van der Waals surface area contributed by atoms with Crippen LogP contribution in [0.3, 0.4) is 0 Å². The summed E-state index contributed by atoms with van der Waals surface area (Å²) in [5.41, 5.74) is -1.30. The average Bonchev–Trinajstić information content (AvgIpc) is 2.63. The summed E-state index contributed by atoms with van der Waals surface area (Å²) in [5, 5.41) is 0. The van der Waals surface area contributed by atoms with E-state index in [1.54, 1.807) is 4.90 Å². The van der Waals surface area contributed by atoms with Crippen LogP contribution in [-0.4, -0.2) is 41.6 Å². The predicted molar refractivity (Wildman–Crippen MR) is 105 cm³/mol. The van der Waals surface area contributed by atoms with Crippen molar-refractivity contribution >= 4 is 11.9 Å². The standard InChI is InChI=1S/C22H28F3NO4/c1-21(2,3)30-20(28)26-15-6-5-7-16(26)11-14(10-15)19(27)13-8-9-17(22(23,24)25)18(12-13)29-4/h8-9,12,14-16H,5-7,10-11H2,1-4H3. The van der Waals surface area contributed by atoms with Crippen molar-refractivity contribution in [1.29, 1.82) is 0 Å². The van der Waals surface area contributed by atoms with Crippen LogP contribution in [0.2, 0.25) is 0 Å². The van der Waals surface area contributed by atoms with Crippen LogP contribution in [0, 0.1) is 5.92 Å². The Balaban J connectivity index is 1.79. The Morgan fingerprint density at radius 3 is 2.17 bits per heavy atom. The molecule has 0 aliphatic carbocycles. The number of piperidine rings is 2. The van der Waals surface area contributed by atoms with Crippen LogP contribution in [0.1, 0.15) is 68.8 Å². The van der Waals surface area contributed by atoms with E-state index in [0.29, 0.717) is 12.8 Å². The number of alkyl halides is 3. The number of ketones is 1. The van der Waals surface area contributed by atoms with Crippen molar-refractivity contribution in [3.05, 3.63) is 29.3 Å². The first-order valence-corrected chi connectivity index (χ1v) is 10.2. The maximum atomic E-state index is 13.1. The molecule has 2 fully saturated rings. The van der Waals surface area contributed by atoms with E-state index < -0.39 is 17.3 Å². The maximum Gasteiger partial charge on any atom is 0.419 e. The molecule has 0 aromatic heterocycles. The summed E-state index contributed by atoms with van der Waals surface area (Å²) in [4.78, 5) is 27.5. The van der Waals surface area contributed by atoms with Gasteiger partial charge in [-0.05, 0) is 65.0 Å². The molecule has 2 saturated heterocycles. The largest absolute Gasteiger partial charge is 0.496 e. The number of nitrogens with zero attached hydrogens (tertiary/aromatic N) is 1. The van der Waals surface area contributed by atoms with Gasteiger partial charge in [-0.25, -0.2) is 4.79 Å². The number of ether oxygens (including phenoxy) is 2. The fourth-order valence-electron chi connectivity index (χ4n) is 4.52. The lowest BCUT2D eigenvalue weighted by Crippen LogP contribution is -2.56. The maximum absolute atomic E-state index is 13.1.